The number of allylic oxidation sites excluding steroid dienone is 1. The third kappa shape index (κ3) is 4.24. The van der Waals surface area contributed by atoms with Crippen LogP contribution in [0, 0.1) is 0 Å². The summed E-state index contributed by atoms with van der Waals surface area (Å²) in [7, 11) is 0. The number of amides is 1. The van der Waals surface area contributed by atoms with Crippen LogP contribution in [0.15, 0.2) is 72.8 Å². The number of aryl methyl sites for hydroxylation is 1. The van der Waals surface area contributed by atoms with Crippen molar-refractivity contribution in [3.63, 3.8) is 0 Å². The van der Waals surface area contributed by atoms with E-state index < -0.39 is 0 Å². The maximum atomic E-state index is 12.8. The van der Waals surface area contributed by atoms with Gasteiger partial charge in [-0.3, -0.25) is 4.79 Å². The summed E-state index contributed by atoms with van der Waals surface area (Å²) in [5, 5.41) is 2.98. The Morgan fingerprint density at radius 3 is 2.55 bits per heavy atom. The molecular formula is C26H25NO2. The van der Waals surface area contributed by atoms with Gasteiger partial charge in [0.2, 0.25) is 0 Å². The van der Waals surface area contributed by atoms with Crippen LogP contribution in [0.1, 0.15) is 41.8 Å². The van der Waals surface area contributed by atoms with Gasteiger partial charge in [0.05, 0.1) is 11.7 Å². The molecular weight excluding hydrogens is 358 g/mol. The number of fused-ring (bicyclic) bond motifs is 1. The summed E-state index contributed by atoms with van der Waals surface area (Å²) < 4.78 is 5.77. The summed E-state index contributed by atoms with van der Waals surface area (Å²) in [5.41, 5.74) is 6.37. The van der Waals surface area contributed by atoms with Crippen LogP contribution < -0.4 is 10.1 Å². The number of carbonyl (C=O) groups is 1. The van der Waals surface area contributed by atoms with E-state index in [1.807, 2.05) is 44.2 Å². The molecule has 0 fully saturated rings. The predicted octanol–water partition coefficient (Wildman–Crippen LogP) is 6.35. The van der Waals surface area contributed by atoms with Crippen LogP contribution in [-0.2, 0) is 6.42 Å². The Hall–Kier alpha value is -3.33. The van der Waals surface area contributed by atoms with Gasteiger partial charge in [0, 0.05) is 5.69 Å². The molecule has 1 amide bonds. The van der Waals surface area contributed by atoms with Gasteiger partial charge in [0.1, 0.15) is 5.75 Å². The first-order chi connectivity index (χ1) is 14.1. The molecule has 3 nitrogen and oxygen atoms in total. The molecule has 3 aromatic rings. The van der Waals surface area contributed by atoms with Crippen molar-refractivity contribution in [3.05, 3.63) is 89.5 Å². The molecule has 0 radical (unpaired) electrons. The SMILES string of the molecule is CC(C)Oc1ccccc1C(=O)Nc1ccc(-c2cccc3c2C=CCC3)cc1. The normalized spacial score (nSPS) is 12.5. The minimum Gasteiger partial charge on any atom is -0.490 e. The zero-order valence-corrected chi connectivity index (χ0v) is 16.8. The Kier molecular flexibility index (Phi) is 5.48. The Morgan fingerprint density at radius 2 is 1.76 bits per heavy atom. The van der Waals surface area contributed by atoms with E-state index in [0.29, 0.717) is 11.3 Å². The summed E-state index contributed by atoms with van der Waals surface area (Å²) in [5.74, 6) is 0.424. The Bertz CT molecular complexity index is 1050. The molecule has 0 heterocycles. The second-order valence-electron chi connectivity index (χ2n) is 7.51. The fraction of sp³-hybridized carbons (Fsp3) is 0.192. The number of para-hydroxylation sites is 1. The lowest BCUT2D eigenvalue weighted by atomic mass is 9.90. The van der Waals surface area contributed by atoms with Gasteiger partial charge in [-0.1, -0.05) is 54.6 Å². The lowest BCUT2D eigenvalue weighted by Crippen LogP contribution is -2.15. The van der Waals surface area contributed by atoms with Crippen LogP contribution in [0.2, 0.25) is 0 Å². The minimum absolute atomic E-state index is 0.00841. The molecule has 1 aliphatic rings. The second kappa shape index (κ2) is 8.36. The minimum atomic E-state index is -0.172. The quantitative estimate of drug-likeness (QED) is 0.557. The van der Waals surface area contributed by atoms with E-state index in [-0.39, 0.29) is 12.0 Å². The number of benzene rings is 3. The number of nitrogens with one attached hydrogen (secondary N) is 1. The second-order valence-corrected chi connectivity index (χ2v) is 7.51. The van der Waals surface area contributed by atoms with Crippen LogP contribution in [0.4, 0.5) is 5.69 Å². The molecule has 3 aromatic carbocycles. The molecule has 0 atom stereocenters. The zero-order valence-electron chi connectivity index (χ0n) is 16.8. The van der Waals surface area contributed by atoms with Crippen LogP contribution in [0.25, 0.3) is 17.2 Å². The highest BCUT2D eigenvalue weighted by atomic mass is 16.5. The van der Waals surface area contributed by atoms with Crippen LogP contribution in [0.3, 0.4) is 0 Å². The topological polar surface area (TPSA) is 38.3 Å². The lowest BCUT2D eigenvalue weighted by molar-refractivity contribution is 0.102. The lowest BCUT2D eigenvalue weighted by Gasteiger charge is -2.16. The van der Waals surface area contributed by atoms with E-state index in [1.165, 1.54) is 16.7 Å². The van der Waals surface area contributed by atoms with Crippen LogP contribution >= 0.6 is 0 Å². The van der Waals surface area contributed by atoms with Crippen molar-refractivity contribution in [2.45, 2.75) is 32.8 Å². The highest BCUT2D eigenvalue weighted by Gasteiger charge is 2.14. The van der Waals surface area contributed by atoms with Gasteiger partial charge in [-0.2, -0.15) is 0 Å². The van der Waals surface area contributed by atoms with Gasteiger partial charge < -0.3 is 10.1 Å². The monoisotopic (exact) mass is 383 g/mol. The number of carbonyl (C=O) groups excluding carboxylic acids is 1. The first kappa shape index (κ1) is 19.0. The Balaban J connectivity index is 1.55. The molecule has 146 valence electrons. The van der Waals surface area contributed by atoms with Crippen molar-refractivity contribution in [1.29, 1.82) is 0 Å². The number of hydrogen-bond acceptors (Lipinski definition) is 2. The third-order valence-corrected chi connectivity index (χ3v) is 5.01. The Morgan fingerprint density at radius 1 is 0.966 bits per heavy atom. The third-order valence-electron chi connectivity index (χ3n) is 5.01. The van der Waals surface area contributed by atoms with E-state index in [9.17, 15) is 4.79 Å². The fourth-order valence-electron chi connectivity index (χ4n) is 3.66. The highest BCUT2D eigenvalue weighted by Crippen LogP contribution is 2.31. The maximum absolute atomic E-state index is 12.8. The zero-order chi connectivity index (χ0) is 20.2. The molecule has 0 saturated carbocycles. The molecule has 1 aliphatic carbocycles. The van der Waals surface area contributed by atoms with Crippen molar-refractivity contribution in [1.82, 2.24) is 0 Å². The van der Waals surface area contributed by atoms with E-state index in [2.05, 4.69) is 47.8 Å². The average molecular weight is 383 g/mol. The summed E-state index contributed by atoms with van der Waals surface area (Å²) >= 11 is 0. The largest absolute Gasteiger partial charge is 0.490 e. The molecule has 3 heteroatoms. The van der Waals surface area contributed by atoms with E-state index in [4.69, 9.17) is 4.74 Å². The first-order valence-electron chi connectivity index (χ1n) is 10.1. The number of ether oxygens (including phenoxy) is 1. The van der Waals surface area contributed by atoms with Crippen LogP contribution in [-0.4, -0.2) is 12.0 Å². The fourth-order valence-corrected chi connectivity index (χ4v) is 3.66. The first-order valence-corrected chi connectivity index (χ1v) is 10.1. The predicted molar refractivity (Wildman–Crippen MR) is 119 cm³/mol. The van der Waals surface area contributed by atoms with E-state index in [0.717, 1.165) is 24.1 Å². The van der Waals surface area contributed by atoms with Gasteiger partial charge in [-0.15, -0.1) is 0 Å². The van der Waals surface area contributed by atoms with Gasteiger partial charge >= 0.3 is 0 Å². The van der Waals surface area contributed by atoms with Gasteiger partial charge in [-0.25, -0.2) is 0 Å². The summed E-state index contributed by atoms with van der Waals surface area (Å²) in [6.07, 6.45) is 6.65. The standard InChI is InChI=1S/C26H25NO2/c1-18(2)29-25-13-6-5-11-24(25)26(28)27-21-16-14-20(15-17-21)23-12-7-9-19-8-3-4-10-22(19)23/h4-7,9-18H,3,8H2,1-2H3,(H,27,28). The van der Waals surface area contributed by atoms with Crippen LogP contribution in [0.5, 0.6) is 5.75 Å². The van der Waals surface area contributed by atoms with E-state index in [1.54, 1.807) is 6.07 Å². The molecule has 0 saturated heterocycles. The summed E-state index contributed by atoms with van der Waals surface area (Å²) in [4.78, 5) is 12.8. The highest BCUT2D eigenvalue weighted by molar-refractivity contribution is 6.06. The molecule has 29 heavy (non-hydrogen) atoms. The van der Waals surface area contributed by atoms with Gasteiger partial charge in [-0.05, 0) is 73.2 Å². The average Bonchev–Trinajstić information content (AvgIpc) is 2.74. The van der Waals surface area contributed by atoms with Crippen molar-refractivity contribution in [2.75, 3.05) is 5.32 Å². The molecule has 0 aromatic heterocycles. The van der Waals surface area contributed by atoms with E-state index >= 15 is 0 Å². The summed E-state index contributed by atoms with van der Waals surface area (Å²) in [6, 6.07) is 21.8. The van der Waals surface area contributed by atoms with Gasteiger partial charge in [0.25, 0.3) is 5.91 Å². The van der Waals surface area contributed by atoms with Crippen molar-refractivity contribution < 1.29 is 9.53 Å². The molecule has 1 N–H and O–H groups in total. The molecule has 0 aliphatic heterocycles. The van der Waals surface area contributed by atoms with Crippen molar-refractivity contribution in [2.24, 2.45) is 0 Å². The smallest absolute Gasteiger partial charge is 0.259 e. The maximum Gasteiger partial charge on any atom is 0.259 e. The molecule has 0 unspecified atom stereocenters. The van der Waals surface area contributed by atoms with Gasteiger partial charge in [0.15, 0.2) is 0 Å². The molecule has 4 rings (SSSR count). The molecule has 0 spiro atoms. The number of hydrogen-bond donors (Lipinski definition) is 1. The molecule has 0 bridgehead atoms. The number of anilines is 1. The van der Waals surface area contributed by atoms with Crippen molar-refractivity contribution in [3.8, 4) is 16.9 Å². The van der Waals surface area contributed by atoms with Crippen molar-refractivity contribution >= 4 is 17.7 Å². The number of rotatable bonds is 5. The summed E-state index contributed by atoms with van der Waals surface area (Å²) in [6.45, 7) is 3.90. The Labute approximate surface area is 172 Å².